The van der Waals surface area contributed by atoms with E-state index in [1.807, 2.05) is 26.0 Å². The Morgan fingerprint density at radius 3 is 2.42 bits per heavy atom. The average molecular weight is 375 g/mol. The quantitative estimate of drug-likeness (QED) is 0.832. The highest BCUT2D eigenvalue weighted by Crippen LogP contribution is 2.16. The molecule has 1 heterocycles. The lowest BCUT2D eigenvalue weighted by molar-refractivity contribution is -0.0212. The highest BCUT2D eigenvalue weighted by molar-refractivity contribution is 6.30. The number of carbonyl (C=O) groups is 1. The van der Waals surface area contributed by atoms with Gasteiger partial charge in [-0.2, -0.15) is 0 Å². The Morgan fingerprint density at radius 2 is 1.81 bits per heavy atom. The van der Waals surface area contributed by atoms with Crippen molar-refractivity contribution in [3.8, 4) is 0 Å². The van der Waals surface area contributed by atoms with E-state index in [1.165, 1.54) is 5.56 Å². The van der Waals surface area contributed by atoms with Crippen LogP contribution in [0.1, 0.15) is 36.7 Å². The van der Waals surface area contributed by atoms with E-state index in [4.69, 9.17) is 16.3 Å². The van der Waals surface area contributed by atoms with Crippen LogP contribution in [0.4, 0.5) is 5.69 Å². The van der Waals surface area contributed by atoms with Crippen LogP contribution in [0.15, 0.2) is 48.5 Å². The van der Waals surface area contributed by atoms with Gasteiger partial charge in [-0.05, 0) is 48.9 Å². The van der Waals surface area contributed by atoms with E-state index in [0.29, 0.717) is 10.6 Å². The largest absolute Gasteiger partial charge is 0.376 e. The molecule has 0 radical (unpaired) electrons. The molecule has 26 heavy (non-hydrogen) atoms. The Hall–Kier alpha value is -1.88. The Morgan fingerprint density at radius 1 is 1.15 bits per heavy atom. The van der Waals surface area contributed by atoms with Crippen molar-refractivity contribution in [3.05, 3.63) is 64.7 Å². The van der Waals surface area contributed by atoms with Crippen LogP contribution in [0.2, 0.25) is 5.02 Å². The molecule has 0 saturated carbocycles. The predicted molar refractivity (Wildman–Crippen MR) is 108 cm³/mol. The highest BCUT2D eigenvalue weighted by Gasteiger charge is 2.16. The molecule has 0 spiro atoms. The minimum atomic E-state index is -0.138. The summed E-state index contributed by atoms with van der Waals surface area (Å²) < 4.78 is 5.56. The lowest BCUT2D eigenvalue weighted by atomic mass is 10.1. The molecule has 140 valence electrons. The first kappa shape index (κ1) is 20.4. The second-order valence-electron chi connectivity index (χ2n) is 6.07. The van der Waals surface area contributed by atoms with E-state index >= 15 is 0 Å². The predicted octanol–water partition coefficient (Wildman–Crippen LogP) is 4.84. The molecule has 1 amide bonds. The molecular formula is C21H27ClN2O2. The molecule has 4 nitrogen and oxygen atoms in total. The molecule has 0 aliphatic carbocycles. The van der Waals surface area contributed by atoms with Gasteiger partial charge in [-0.3, -0.25) is 9.69 Å². The molecule has 3 rings (SSSR count). The Balaban J connectivity index is 0.00000117. The Kier molecular flexibility index (Phi) is 8.10. The van der Waals surface area contributed by atoms with E-state index in [9.17, 15) is 4.79 Å². The van der Waals surface area contributed by atoms with Crippen LogP contribution in [0.5, 0.6) is 0 Å². The molecule has 2 aromatic carbocycles. The van der Waals surface area contributed by atoms with E-state index in [0.717, 1.165) is 31.9 Å². The lowest BCUT2D eigenvalue weighted by Gasteiger charge is -2.31. The van der Waals surface area contributed by atoms with Crippen molar-refractivity contribution < 1.29 is 9.53 Å². The summed E-state index contributed by atoms with van der Waals surface area (Å²) in [7, 11) is 0. The molecule has 1 aliphatic heterocycles. The van der Waals surface area contributed by atoms with Crippen LogP contribution in [0.25, 0.3) is 0 Å². The molecule has 2 aromatic rings. The van der Waals surface area contributed by atoms with Crippen LogP contribution >= 0.6 is 11.6 Å². The van der Waals surface area contributed by atoms with Gasteiger partial charge < -0.3 is 10.1 Å². The number of halogens is 1. The molecule has 1 atom stereocenters. The van der Waals surface area contributed by atoms with E-state index in [1.54, 1.807) is 24.3 Å². The molecule has 5 heteroatoms. The van der Waals surface area contributed by atoms with Crippen molar-refractivity contribution in [2.24, 2.45) is 0 Å². The smallest absolute Gasteiger partial charge is 0.255 e. The topological polar surface area (TPSA) is 41.6 Å². The first-order valence-corrected chi connectivity index (χ1v) is 9.48. The van der Waals surface area contributed by atoms with Crippen molar-refractivity contribution in [2.45, 2.75) is 33.4 Å². The number of hydrogen-bond donors (Lipinski definition) is 1. The summed E-state index contributed by atoms with van der Waals surface area (Å²) in [6.07, 6.45) is 0.289. The third-order valence-corrected chi connectivity index (χ3v) is 4.30. The fourth-order valence-electron chi connectivity index (χ4n) is 2.79. The number of morpholine rings is 1. The molecule has 1 aliphatic rings. The number of ether oxygens (including phenoxy) is 1. The van der Waals surface area contributed by atoms with Crippen LogP contribution < -0.4 is 5.32 Å². The Labute approximate surface area is 161 Å². The standard InChI is InChI=1S/C19H21ClN2O2.C2H6/c1-14-12-22(10-11-24-14)13-15-2-8-18(9-3-15)21-19(23)16-4-6-17(20)7-5-16;1-2/h2-9,14H,10-13H2,1H3,(H,21,23);1-2H3. The van der Waals surface area contributed by atoms with E-state index in [2.05, 4.69) is 29.3 Å². The molecule has 1 N–H and O–H groups in total. The number of carbonyl (C=O) groups excluding carboxylic acids is 1. The lowest BCUT2D eigenvalue weighted by Crippen LogP contribution is -2.40. The molecule has 1 unspecified atom stereocenters. The summed E-state index contributed by atoms with van der Waals surface area (Å²) in [6.45, 7) is 9.70. The monoisotopic (exact) mass is 374 g/mol. The Bertz CT molecular complexity index is 686. The summed E-state index contributed by atoms with van der Waals surface area (Å²) in [5, 5.41) is 3.52. The molecular weight excluding hydrogens is 348 g/mol. The number of nitrogens with one attached hydrogen (secondary N) is 1. The van der Waals surface area contributed by atoms with Gasteiger partial charge in [0, 0.05) is 35.9 Å². The van der Waals surface area contributed by atoms with Crippen molar-refractivity contribution >= 4 is 23.2 Å². The molecule has 0 aromatic heterocycles. The van der Waals surface area contributed by atoms with Gasteiger partial charge in [0.25, 0.3) is 5.91 Å². The minimum Gasteiger partial charge on any atom is -0.376 e. The van der Waals surface area contributed by atoms with Crippen molar-refractivity contribution in [3.63, 3.8) is 0 Å². The summed E-state index contributed by atoms with van der Waals surface area (Å²) >= 11 is 5.84. The van der Waals surface area contributed by atoms with Gasteiger partial charge in [0.05, 0.1) is 12.7 Å². The van der Waals surface area contributed by atoms with Gasteiger partial charge in [0.2, 0.25) is 0 Å². The number of anilines is 1. The zero-order chi connectivity index (χ0) is 18.9. The summed E-state index contributed by atoms with van der Waals surface area (Å²) in [5.74, 6) is -0.138. The second kappa shape index (κ2) is 10.3. The molecule has 0 bridgehead atoms. The normalized spacial score (nSPS) is 17.2. The number of nitrogens with zero attached hydrogens (tertiary/aromatic N) is 1. The van der Waals surface area contributed by atoms with Crippen LogP contribution in [0, 0.1) is 0 Å². The number of rotatable bonds is 4. The average Bonchev–Trinajstić information content (AvgIpc) is 2.65. The maximum absolute atomic E-state index is 12.2. The molecule has 1 fully saturated rings. The number of hydrogen-bond acceptors (Lipinski definition) is 3. The van der Waals surface area contributed by atoms with Crippen molar-refractivity contribution in [1.82, 2.24) is 4.90 Å². The zero-order valence-electron chi connectivity index (χ0n) is 15.7. The third kappa shape index (κ3) is 6.13. The maximum atomic E-state index is 12.2. The second-order valence-corrected chi connectivity index (χ2v) is 6.51. The summed E-state index contributed by atoms with van der Waals surface area (Å²) in [4.78, 5) is 14.6. The van der Waals surface area contributed by atoms with Crippen molar-refractivity contribution in [2.75, 3.05) is 25.0 Å². The van der Waals surface area contributed by atoms with Gasteiger partial charge >= 0.3 is 0 Å². The fourth-order valence-corrected chi connectivity index (χ4v) is 2.92. The van der Waals surface area contributed by atoms with Crippen LogP contribution in [0.3, 0.4) is 0 Å². The van der Waals surface area contributed by atoms with Crippen LogP contribution in [-0.2, 0) is 11.3 Å². The molecule has 1 saturated heterocycles. The van der Waals surface area contributed by atoms with Gasteiger partial charge in [-0.25, -0.2) is 0 Å². The minimum absolute atomic E-state index is 0.138. The van der Waals surface area contributed by atoms with Crippen molar-refractivity contribution in [1.29, 1.82) is 0 Å². The zero-order valence-corrected chi connectivity index (χ0v) is 16.4. The highest BCUT2D eigenvalue weighted by atomic mass is 35.5. The van der Waals surface area contributed by atoms with Gasteiger partial charge in [-0.1, -0.05) is 37.6 Å². The fraction of sp³-hybridized carbons (Fsp3) is 0.381. The SMILES string of the molecule is CC.CC1CN(Cc2ccc(NC(=O)c3ccc(Cl)cc3)cc2)CCO1. The third-order valence-electron chi connectivity index (χ3n) is 4.05. The van der Waals surface area contributed by atoms with Crippen LogP contribution in [-0.4, -0.2) is 36.6 Å². The first-order valence-electron chi connectivity index (χ1n) is 9.10. The van der Waals surface area contributed by atoms with Gasteiger partial charge in [0.15, 0.2) is 0 Å². The number of benzene rings is 2. The van der Waals surface area contributed by atoms with E-state index < -0.39 is 0 Å². The van der Waals surface area contributed by atoms with E-state index in [-0.39, 0.29) is 12.0 Å². The first-order chi connectivity index (χ1) is 12.6. The number of amides is 1. The van der Waals surface area contributed by atoms with Gasteiger partial charge in [-0.15, -0.1) is 0 Å². The maximum Gasteiger partial charge on any atom is 0.255 e. The summed E-state index contributed by atoms with van der Waals surface area (Å²) in [5.41, 5.74) is 2.61. The van der Waals surface area contributed by atoms with Gasteiger partial charge in [0.1, 0.15) is 0 Å². The summed E-state index contributed by atoms with van der Waals surface area (Å²) in [6, 6.07) is 14.8.